The average Bonchev–Trinajstić information content (AvgIpc) is 2.78. The molecule has 0 aromatic heterocycles. The molecule has 0 radical (unpaired) electrons. The summed E-state index contributed by atoms with van der Waals surface area (Å²) >= 11 is 0. The molecule has 0 atom stereocenters. The van der Waals surface area contributed by atoms with Gasteiger partial charge < -0.3 is 9.47 Å². The Labute approximate surface area is 170 Å². The van der Waals surface area contributed by atoms with Gasteiger partial charge in [0.15, 0.2) is 5.78 Å². The number of ketones is 1. The maximum atomic E-state index is 12.4. The lowest BCUT2D eigenvalue weighted by molar-refractivity contribution is -0.139. The Morgan fingerprint density at radius 1 is 0.862 bits per heavy atom. The lowest BCUT2D eigenvalue weighted by atomic mass is 9.89. The quantitative estimate of drug-likeness (QED) is 0.304. The van der Waals surface area contributed by atoms with Crippen molar-refractivity contribution in [1.29, 1.82) is 0 Å². The minimum Gasteiger partial charge on any atom is -0.465 e. The average molecular weight is 392 g/mol. The van der Waals surface area contributed by atoms with Crippen molar-refractivity contribution in [2.24, 2.45) is 5.92 Å². The van der Waals surface area contributed by atoms with Crippen LogP contribution in [0.2, 0.25) is 0 Å². The van der Waals surface area contributed by atoms with Gasteiger partial charge in [-0.25, -0.2) is 4.79 Å². The van der Waals surface area contributed by atoms with Gasteiger partial charge in [-0.2, -0.15) is 0 Å². The highest BCUT2D eigenvalue weighted by Gasteiger charge is 2.22. The largest absolute Gasteiger partial charge is 0.465 e. The summed E-state index contributed by atoms with van der Waals surface area (Å²) in [6.45, 7) is 0. The molecule has 0 bridgehead atoms. The number of benzene rings is 2. The minimum absolute atomic E-state index is 0.0152. The molecule has 0 heterocycles. The van der Waals surface area contributed by atoms with Crippen molar-refractivity contribution in [2.75, 3.05) is 7.11 Å². The van der Waals surface area contributed by atoms with E-state index < -0.39 is 5.97 Å². The number of methoxy groups -OCH3 is 1. The fraction of sp³-hybridized carbons (Fsp3) is 0.292. The predicted molar refractivity (Wildman–Crippen MR) is 110 cm³/mol. The van der Waals surface area contributed by atoms with E-state index in [9.17, 15) is 14.4 Å². The second-order valence-corrected chi connectivity index (χ2v) is 7.09. The molecule has 29 heavy (non-hydrogen) atoms. The lowest BCUT2D eigenvalue weighted by Gasteiger charge is -2.19. The predicted octanol–water partition coefficient (Wildman–Crippen LogP) is 4.86. The van der Waals surface area contributed by atoms with Gasteiger partial charge in [0, 0.05) is 5.56 Å². The molecule has 0 saturated heterocycles. The molecule has 3 rings (SSSR count). The second kappa shape index (κ2) is 9.82. The van der Waals surface area contributed by atoms with Crippen LogP contribution >= 0.6 is 0 Å². The molecule has 5 nitrogen and oxygen atoms in total. The molecule has 5 heteroatoms. The molecule has 0 amide bonds. The molecule has 0 unspecified atom stereocenters. The summed E-state index contributed by atoms with van der Waals surface area (Å²) in [5.74, 6) is -0.301. The van der Waals surface area contributed by atoms with Gasteiger partial charge in [0.2, 0.25) is 0 Å². The number of carbonyl (C=O) groups is 3. The van der Waals surface area contributed by atoms with Crippen LogP contribution in [-0.4, -0.2) is 24.8 Å². The number of carbonyl (C=O) groups excluding carboxylic acids is 3. The SMILES string of the molecule is COC(=O)c1ccc(C=CC(=O)c2ccc(OC(=O)C3CCCCC3)cc2)cc1. The summed E-state index contributed by atoms with van der Waals surface area (Å²) in [6.07, 6.45) is 8.26. The van der Waals surface area contributed by atoms with Crippen LogP contribution in [0.3, 0.4) is 0 Å². The van der Waals surface area contributed by atoms with Crippen LogP contribution in [0.4, 0.5) is 0 Å². The van der Waals surface area contributed by atoms with Gasteiger partial charge >= 0.3 is 11.9 Å². The van der Waals surface area contributed by atoms with Gasteiger partial charge in [0.25, 0.3) is 0 Å². The van der Waals surface area contributed by atoms with Gasteiger partial charge in [0.1, 0.15) is 5.75 Å². The Morgan fingerprint density at radius 3 is 2.10 bits per heavy atom. The van der Waals surface area contributed by atoms with Crippen LogP contribution in [0.1, 0.15) is 58.4 Å². The van der Waals surface area contributed by atoms with Crippen LogP contribution in [0.5, 0.6) is 5.75 Å². The number of allylic oxidation sites excluding steroid dienone is 1. The van der Waals surface area contributed by atoms with Crippen LogP contribution in [0.25, 0.3) is 6.08 Å². The number of hydrogen-bond acceptors (Lipinski definition) is 5. The summed E-state index contributed by atoms with van der Waals surface area (Å²) in [5.41, 5.74) is 1.75. The van der Waals surface area contributed by atoms with Crippen molar-refractivity contribution >= 4 is 23.8 Å². The Hall–Kier alpha value is -3.21. The fourth-order valence-electron chi connectivity index (χ4n) is 3.34. The summed E-state index contributed by atoms with van der Waals surface area (Å²) in [6, 6.07) is 13.4. The van der Waals surface area contributed by atoms with Gasteiger partial charge in [-0.15, -0.1) is 0 Å². The Kier molecular flexibility index (Phi) is 6.95. The zero-order valence-corrected chi connectivity index (χ0v) is 16.4. The van der Waals surface area contributed by atoms with Crippen LogP contribution in [0.15, 0.2) is 54.6 Å². The van der Waals surface area contributed by atoms with Crippen LogP contribution < -0.4 is 4.74 Å². The van der Waals surface area contributed by atoms with E-state index in [1.807, 2.05) is 0 Å². The summed E-state index contributed by atoms with van der Waals surface area (Å²) in [7, 11) is 1.33. The number of rotatable bonds is 6. The van der Waals surface area contributed by atoms with E-state index in [0.717, 1.165) is 31.2 Å². The van der Waals surface area contributed by atoms with E-state index in [1.165, 1.54) is 19.6 Å². The summed E-state index contributed by atoms with van der Waals surface area (Å²) < 4.78 is 10.1. The zero-order chi connectivity index (χ0) is 20.6. The van der Waals surface area contributed by atoms with E-state index in [1.54, 1.807) is 54.6 Å². The number of esters is 2. The first-order valence-corrected chi connectivity index (χ1v) is 9.79. The van der Waals surface area contributed by atoms with E-state index >= 15 is 0 Å². The highest BCUT2D eigenvalue weighted by Crippen LogP contribution is 2.25. The van der Waals surface area contributed by atoms with E-state index in [0.29, 0.717) is 16.9 Å². The third-order valence-corrected chi connectivity index (χ3v) is 5.05. The van der Waals surface area contributed by atoms with Crippen molar-refractivity contribution in [3.8, 4) is 5.75 Å². The van der Waals surface area contributed by atoms with Crippen molar-refractivity contribution in [3.05, 3.63) is 71.3 Å². The molecule has 1 fully saturated rings. The van der Waals surface area contributed by atoms with Crippen molar-refractivity contribution < 1.29 is 23.9 Å². The zero-order valence-electron chi connectivity index (χ0n) is 16.4. The third kappa shape index (κ3) is 5.64. The van der Waals surface area contributed by atoms with Crippen LogP contribution in [0, 0.1) is 5.92 Å². The summed E-state index contributed by atoms with van der Waals surface area (Å²) in [4.78, 5) is 36.0. The molecule has 2 aromatic carbocycles. The fourth-order valence-corrected chi connectivity index (χ4v) is 3.34. The van der Waals surface area contributed by atoms with Gasteiger partial charge in [-0.3, -0.25) is 9.59 Å². The Balaban J connectivity index is 1.57. The number of ether oxygens (including phenoxy) is 2. The smallest absolute Gasteiger partial charge is 0.337 e. The maximum absolute atomic E-state index is 12.4. The minimum atomic E-state index is -0.402. The highest BCUT2D eigenvalue weighted by molar-refractivity contribution is 6.06. The van der Waals surface area contributed by atoms with E-state index in [4.69, 9.17) is 4.74 Å². The molecule has 0 aliphatic heterocycles. The molecule has 150 valence electrons. The second-order valence-electron chi connectivity index (χ2n) is 7.09. The van der Waals surface area contributed by atoms with Crippen molar-refractivity contribution in [1.82, 2.24) is 0 Å². The first-order chi connectivity index (χ1) is 14.1. The topological polar surface area (TPSA) is 69.7 Å². The molecule has 0 N–H and O–H groups in total. The molecule has 1 aliphatic carbocycles. The Bertz CT molecular complexity index is 888. The van der Waals surface area contributed by atoms with Crippen molar-refractivity contribution in [2.45, 2.75) is 32.1 Å². The van der Waals surface area contributed by atoms with E-state index in [-0.39, 0.29) is 17.7 Å². The van der Waals surface area contributed by atoms with Gasteiger partial charge in [0.05, 0.1) is 18.6 Å². The molecule has 2 aromatic rings. The molecule has 1 saturated carbocycles. The molecule has 1 aliphatic rings. The number of hydrogen-bond donors (Lipinski definition) is 0. The molecular weight excluding hydrogens is 368 g/mol. The first kappa shape index (κ1) is 20.5. The summed E-state index contributed by atoms with van der Waals surface area (Å²) in [5, 5.41) is 0. The standard InChI is InChI=1S/C24H24O5/c1-28-23(26)20-10-7-17(8-11-20)9-16-22(25)18-12-14-21(15-13-18)29-24(27)19-5-3-2-4-6-19/h7-16,19H,2-6H2,1H3. The third-order valence-electron chi connectivity index (χ3n) is 5.05. The van der Waals surface area contributed by atoms with Gasteiger partial charge in [-0.05, 0) is 60.9 Å². The normalized spacial score (nSPS) is 14.5. The molecule has 0 spiro atoms. The Morgan fingerprint density at radius 2 is 1.48 bits per heavy atom. The first-order valence-electron chi connectivity index (χ1n) is 9.79. The maximum Gasteiger partial charge on any atom is 0.337 e. The molecular formula is C24H24O5. The van der Waals surface area contributed by atoms with Crippen LogP contribution in [-0.2, 0) is 9.53 Å². The van der Waals surface area contributed by atoms with Crippen molar-refractivity contribution in [3.63, 3.8) is 0 Å². The van der Waals surface area contributed by atoms with Gasteiger partial charge in [-0.1, -0.05) is 37.5 Å². The monoisotopic (exact) mass is 392 g/mol. The lowest BCUT2D eigenvalue weighted by Crippen LogP contribution is -2.22. The van der Waals surface area contributed by atoms with E-state index in [2.05, 4.69) is 4.74 Å². The highest BCUT2D eigenvalue weighted by atomic mass is 16.5.